The predicted octanol–water partition coefficient (Wildman–Crippen LogP) is 2.57. The third kappa shape index (κ3) is 3.13. The molecule has 19 heavy (non-hydrogen) atoms. The van der Waals surface area contributed by atoms with E-state index in [4.69, 9.17) is 0 Å². The lowest BCUT2D eigenvalue weighted by molar-refractivity contribution is -0.122. The molecule has 1 N–H and O–H groups in total. The largest absolute Gasteiger partial charge is 0.311 e. The van der Waals surface area contributed by atoms with E-state index in [0.29, 0.717) is 18.2 Å². The number of benzene rings is 1. The maximum absolute atomic E-state index is 13.3. The van der Waals surface area contributed by atoms with Crippen molar-refractivity contribution in [1.82, 2.24) is 5.32 Å². The number of hydrogen-bond donors (Lipinski definition) is 1. The second kappa shape index (κ2) is 6.15. The average molecular weight is 264 g/mol. The van der Waals surface area contributed by atoms with Crippen LogP contribution in [0.3, 0.4) is 0 Å². The lowest BCUT2D eigenvalue weighted by Crippen LogP contribution is -2.52. The number of carbonyl (C=O) groups excluding carboxylic acids is 1. The van der Waals surface area contributed by atoms with E-state index >= 15 is 0 Å². The third-order valence-electron chi connectivity index (χ3n) is 3.74. The smallest absolute Gasteiger partial charge is 0.244 e. The van der Waals surface area contributed by atoms with Crippen LogP contribution in [0, 0.1) is 11.7 Å². The van der Waals surface area contributed by atoms with Gasteiger partial charge in [-0.2, -0.15) is 0 Å². The molecule has 2 unspecified atom stereocenters. The summed E-state index contributed by atoms with van der Waals surface area (Å²) in [5, 5.41) is 3.28. The lowest BCUT2D eigenvalue weighted by atomic mass is 9.91. The number of anilines is 1. The van der Waals surface area contributed by atoms with Crippen LogP contribution in [0.5, 0.6) is 0 Å². The van der Waals surface area contributed by atoms with Crippen molar-refractivity contribution in [2.24, 2.45) is 5.92 Å². The van der Waals surface area contributed by atoms with Crippen molar-refractivity contribution in [3.05, 3.63) is 30.1 Å². The Bertz CT molecular complexity index is 450. The number of hydrogen-bond acceptors (Lipinski definition) is 2. The first-order valence-electron chi connectivity index (χ1n) is 6.93. The van der Waals surface area contributed by atoms with Crippen LogP contribution >= 0.6 is 0 Å². The van der Waals surface area contributed by atoms with Gasteiger partial charge in [0, 0.05) is 12.2 Å². The number of nitrogens with zero attached hydrogens (tertiary/aromatic N) is 1. The highest BCUT2D eigenvalue weighted by Gasteiger charge is 2.31. The number of rotatable bonds is 3. The summed E-state index contributed by atoms with van der Waals surface area (Å²) < 4.78 is 13.3. The molecule has 0 radical (unpaired) electrons. The van der Waals surface area contributed by atoms with Gasteiger partial charge in [0.15, 0.2) is 0 Å². The van der Waals surface area contributed by atoms with Crippen molar-refractivity contribution in [2.45, 2.75) is 32.7 Å². The molecule has 0 saturated carbocycles. The molecule has 104 valence electrons. The molecule has 1 heterocycles. The van der Waals surface area contributed by atoms with Crippen molar-refractivity contribution in [1.29, 1.82) is 0 Å². The Morgan fingerprint density at radius 2 is 2.32 bits per heavy atom. The molecule has 1 aromatic rings. The number of piperidine rings is 1. The van der Waals surface area contributed by atoms with Crippen molar-refractivity contribution in [2.75, 3.05) is 18.0 Å². The van der Waals surface area contributed by atoms with Crippen LogP contribution < -0.4 is 10.2 Å². The Hall–Kier alpha value is -1.42. The highest BCUT2D eigenvalue weighted by atomic mass is 19.1. The van der Waals surface area contributed by atoms with Gasteiger partial charge in [-0.1, -0.05) is 13.0 Å². The van der Waals surface area contributed by atoms with E-state index in [2.05, 4.69) is 12.2 Å². The van der Waals surface area contributed by atoms with Gasteiger partial charge in [0.1, 0.15) is 5.82 Å². The molecular formula is C15H21FN2O. The minimum absolute atomic E-state index is 0.0419. The van der Waals surface area contributed by atoms with Crippen LogP contribution in [0.4, 0.5) is 10.1 Å². The minimum Gasteiger partial charge on any atom is -0.311 e. The summed E-state index contributed by atoms with van der Waals surface area (Å²) >= 11 is 0. The predicted molar refractivity (Wildman–Crippen MR) is 74.6 cm³/mol. The molecule has 3 nitrogen and oxygen atoms in total. The van der Waals surface area contributed by atoms with Gasteiger partial charge in [-0.25, -0.2) is 4.39 Å². The summed E-state index contributed by atoms with van der Waals surface area (Å²) in [6.45, 7) is 5.43. The van der Waals surface area contributed by atoms with Gasteiger partial charge in [0.2, 0.25) is 5.91 Å². The highest BCUT2D eigenvalue weighted by Crippen LogP contribution is 2.21. The maximum atomic E-state index is 13.3. The number of nitrogens with one attached hydrogen (secondary N) is 1. The van der Waals surface area contributed by atoms with Crippen LogP contribution in [0.1, 0.15) is 26.7 Å². The van der Waals surface area contributed by atoms with Gasteiger partial charge < -0.3 is 10.2 Å². The second-order valence-corrected chi connectivity index (χ2v) is 5.11. The number of halogens is 1. The Morgan fingerprint density at radius 3 is 2.95 bits per heavy atom. The van der Waals surface area contributed by atoms with E-state index in [9.17, 15) is 9.18 Å². The molecule has 1 aliphatic heterocycles. The summed E-state index contributed by atoms with van der Waals surface area (Å²) in [5.41, 5.74) is 0.632. The van der Waals surface area contributed by atoms with Gasteiger partial charge in [-0.3, -0.25) is 4.79 Å². The van der Waals surface area contributed by atoms with Crippen LogP contribution in [0.25, 0.3) is 0 Å². The van der Waals surface area contributed by atoms with E-state index < -0.39 is 0 Å². The van der Waals surface area contributed by atoms with Gasteiger partial charge in [-0.05, 0) is 50.4 Å². The molecule has 0 spiro atoms. The zero-order valence-electron chi connectivity index (χ0n) is 11.5. The van der Waals surface area contributed by atoms with Crippen molar-refractivity contribution in [3.63, 3.8) is 0 Å². The molecule has 1 amide bonds. The van der Waals surface area contributed by atoms with Gasteiger partial charge in [0.25, 0.3) is 0 Å². The fourth-order valence-electron chi connectivity index (χ4n) is 2.66. The standard InChI is InChI=1S/C15H21FN2O/c1-3-18(13-8-4-7-12(16)10-13)15(19)14-11(2)6-5-9-17-14/h4,7-8,10-11,14,17H,3,5-6,9H2,1-2H3. The van der Waals surface area contributed by atoms with E-state index in [-0.39, 0.29) is 17.8 Å². The van der Waals surface area contributed by atoms with Crippen molar-refractivity contribution < 1.29 is 9.18 Å². The molecular weight excluding hydrogens is 243 g/mol. The molecule has 0 aliphatic carbocycles. The zero-order chi connectivity index (χ0) is 13.8. The minimum atomic E-state index is -0.312. The molecule has 0 aromatic heterocycles. The zero-order valence-corrected chi connectivity index (χ0v) is 11.5. The van der Waals surface area contributed by atoms with Gasteiger partial charge in [-0.15, -0.1) is 0 Å². The molecule has 0 bridgehead atoms. The van der Waals surface area contributed by atoms with Crippen LogP contribution in [0.15, 0.2) is 24.3 Å². The van der Waals surface area contributed by atoms with E-state index in [1.807, 2.05) is 6.92 Å². The molecule has 1 aromatic carbocycles. The third-order valence-corrected chi connectivity index (χ3v) is 3.74. The Kier molecular flexibility index (Phi) is 4.53. The van der Waals surface area contributed by atoms with E-state index in [1.165, 1.54) is 12.1 Å². The maximum Gasteiger partial charge on any atom is 0.244 e. The molecule has 2 rings (SSSR count). The summed E-state index contributed by atoms with van der Waals surface area (Å²) in [6.07, 6.45) is 2.17. The lowest BCUT2D eigenvalue weighted by Gasteiger charge is -2.33. The number of carbonyl (C=O) groups is 1. The summed E-state index contributed by atoms with van der Waals surface area (Å²) in [6, 6.07) is 6.06. The van der Waals surface area contributed by atoms with Gasteiger partial charge >= 0.3 is 0 Å². The summed E-state index contributed by atoms with van der Waals surface area (Å²) in [5.74, 6) is 0.0533. The van der Waals surface area contributed by atoms with Gasteiger partial charge in [0.05, 0.1) is 6.04 Å². The van der Waals surface area contributed by atoms with Crippen molar-refractivity contribution in [3.8, 4) is 0 Å². The first kappa shape index (κ1) is 14.0. The molecule has 1 aliphatic rings. The summed E-state index contributed by atoms with van der Waals surface area (Å²) in [7, 11) is 0. The Labute approximate surface area is 113 Å². The number of likely N-dealkylation sites (N-methyl/N-ethyl adjacent to an activating group) is 1. The summed E-state index contributed by atoms with van der Waals surface area (Å²) in [4.78, 5) is 14.2. The van der Waals surface area contributed by atoms with E-state index in [1.54, 1.807) is 17.0 Å². The first-order valence-corrected chi connectivity index (χ1v) is 6.93. The Balaban J connectivity index is 2.19. The molecule has 2 atom stereocenters. The second-order valence-electron chi connectivity index (χ2n) is 5.11. The fourth-order valence-corrected chi connectivity index (χ4v) is 2.66. The SMILES string of the molecule is CCN(C(=O)C1NCCCC1C)c1cccc(F)c1. The highest BCUT2D eigenvalue weighted by molar-refractivity contribution is 5.97. The topological polar surface area (TPSA) is 32.3 Å². The average Bonchev–Trinajstić information content (AvgIpc) is 2.40. The Morgan fingerprint density at radius 1 is 1.53 bits per heavy atom. The molecule has 4 heteroatoms. The quantitative estimate of drug-likeness (QED) is 0.910. The van der Waals surface area contributed by atoms with Crippen LogP contribution in [0.2, 0.25) is 0 Å². The fraction of sp³-hybridized carbons (Fsp3) is 0.533. The van der Waals surface area contributed by atoms with E-state index in [0.717, 1.165) is 19.4 Å². The number of amides is 1. The van der Waals surface area contributed by atoms with Crippen molar-refractivity contribution >= 4 is 11.6 Å². The first-order chi connectivity index (χ1) is 9.13. The molecule has 1 saturated heterocycles. The molecule has 1 fully saturated rings. The monoisotopic (exact) mass is 264 g/mol. The van der Waals surface area contributed by atoms with Crippen LogP contribution in [-0.4, -0.2) is 25.0 Å². The normalized spacial score (nSPS) is 23.1. The van der Waals surface area contributed by atoms with Crippen LogP contribution in [-0.2, 0) is 4.79 Å².